The van der Waals surface area contributed by atoms with Crippen LogP contribution in [-0.2, 0) is 18.3 Å². The summed E-state index contributed by atoms with van der Waals surface area (Å²) >= 11 is 0. The number of nitrogens with two attached hydrogens (primary N) is 1. The molecule has 0 unspecified atom stereocenters. The molecule has 0 fully saturated rings. The maximum absolute atomic E-state index is 5.60. The molecular formula is C8H17IN6O. The van der Waals surface area contributed by atoms with Crippen molar-refractivity contribution in [2.45, 2.75) is 6.54 Å². The lowest BCUT2D eigenvalue weighted by Crippen LogP contribution is -2.34. The first-order valence-electron chi connectivity index (χ1n) is 4.60. The topological polar surface area (TPSA) is 90.4 Å². The molecule has 0 aliphatic heterocycles. The number of aryl methyl sites for hydroxylation is 1. The second-order valence-corrected chi connectivity index (χ2v) is 2.95. The Morgan fingerprint density at radius 1 is 1.69 bits per heavy atom. The van der Waals surface area contributed by atoms with Crippen molar-refractivity contribution in [1.29, 1.82) is 0 Å². The molecule has 0 aliphatic rings. The van der Waals surface area contributed by atoms with Gasteiger partial charge in [-0.05, 0) is 0 Å². The van der Waals surface area contributed by atoms with Crippen molar-refractivity contribution in [3.05, 3.63) is 11.9 Å². The molecule has 3 N–H and O–H groups in total. The minimum Gasteiger partial charge on any atom is -0.383 e. The van der Waals surface area contributed by atoms with Crippen LogP contribution in [0.4, 0.5) is 0 Å². The van der Waals surface area contributed by atoms with Crippen molar-refractivity contribution < 1.29 is 4.74 Å². The largest absolute Gasteiger partial charge is 0.383 e. The number of hydrogen-bond acceptors (Lipinski definition) is 4. The second kappa shape index (κ2) is 8.28. The Bertz CT molecular complexity index is 326. The fourth-order valence-corrected chi connectivity index (χ4v) is 0.963. The second-order valence-electron chi connectivity index (χ2n) is 2.95. The van der Waals surface area contributed by atoms with Crippen LogP contribution in [-0.4, -0.2) is 41.2 Å². The zero-order valence-corrected chi connectivity index (χ0v) is 11.7. The van der Waals surface area contributed by atoms with Gasteiger partial charge in [0.05, 0.1) is 19.3 Å². The van der Waals surface area contributed by atoms with Crippen LogP contribution in [0, 0.1) is 0 Å². The normalized spacial score (nSPS) is 11.0. The predicted octanol–water partition coefficient (Wildman–Crippen LogP) is -0.516. The molecule has 92 valence electrons. The first kappa shape index (κ1) is 15.1. The third-order valence-corrected chi connectivity index (χ3v) is 1.67. The number of nitrogens with zero attached hydrogens (tertiary/aromatic N) is 4. The quantitative estimate of drug-likeness (QED) is 0.326. The minimum absolute atomic E-state index is 0. The number of hydrogen-bond donors (Lipinski definition) is 2. The maximum atomic E-state index is 5.60. The SMILES string of the molecule is COCCNC(N)=NCc1cnn(C)n1.I. The van der Waals surface area contributed by atoms with Gasteiger partial charge in [0.1, 0.15) is 5.69 Å². The van der Waals surface area contributed by atoms with E-state index in [9.17, 15) is 0 Å². The van der Waals surface area contributed by atoms with Crippen molar-refractivity contribution >= 4 is 29.9 Å². The van der Waals surface area contributed by atoms with Crippen molar-refractivity contribution in [3.63, 3.8) is 0 Å². The van der Waals surface area contributed by atoms with Crippen molar-refractivity contribution in [3.8, 4) is 0 Å². The van der Waals surface area contributed by atoms with Gasteiger partial charge in [-0.2, -0.15) is 15.0 Å². The fourth-order valence-electron chi connectivity index (χ4n) is 0.963. The highest BCUT2D eigenvalue weighted by molar-refractivity contribution is 14.0. The number of halogens is 1. The number of nitrogens with one attached hydrogen (secondary N) is 1. The fraction of sp³-hybridized carbons (Fsp3) is 0.625. The summed E-state index contributed by atoms with van der Waals surface area (Å²) in [6.07, 6.45) is 1.66. The van der Waals surface area contributed by atoms with Crippen LogP contribution in [0.5, 0.6) is 0 Å². The van der Waals surface area contributed by atoms with Gasteiger partial charge in [-0.25, -0.2) is 4.99 Å². The molecule has 1 rings (SSSR count). The minimum atomic E-state index is 0. The summed E-state index contributed by atoms with van der Waals surface area (Å²) in [5.41, 5.74) is 6.38. The molecule has 0 amide bonds. The predicted molar refractivity (Wildman–Crippen MR) is 71.6 cm³/mol. The van der Waals surface area contributed by atoms with Gasteiger partial charge >= 0.3 is 0 Å². The van der Waals surface area contributed by atoms with Gasteiger partial charge in [0, 0.05) is 20.7 Å². The summed E-state index contributed by atoms with van der Waals surface area (Å²) in [5, 5.41) is 10.9. The van der Waals surface area contributed by atoms with E-state index in [0.717, 1.165) is 5.69 Å². The maximum Gasteiger partial charge on any atom is 0.189 e. The molecule has 7 nitrogen and oxygen atoms in total. The standard InChI is InChI=1S/C8H16N6O.HI/c1-14-12-6-7(13-14)5-11-8(9)10-3-4-15-2;/h6H,3-5H2,1-2H3,(H3,9,10,11);1H. The van der Waals surface area contributed by atoms with Crippen LogP contribution in [0.1, 0.15) is 5.69 Å². The highest BCUT2D eigenvalue weighted by Crippen LogP contribution is 1.92. The van der Waals surface area contributed by atoms with E-state index in [0.29, 0.717) is 25.7 Å². The summed E-state index contributed by atoms with van der Waals surface area (Å²) in [6, 6.07) is 0. The van der Waals surface area contributed by atoms with Crippen molar-refractivity contribution in [2.75, 3.05) is 20.3 Å². The summed E-state index contributed by atoms with van der Waals surface area (Å²) in [4.78, 5) is 5.58. The van der Waals surface area contributed by atoms with Gasteiger partial charge in [-0.15, -0.1) is 24.0 Å². The van der Waals surface area contributed by atoms with E-state index in [1.54, 1.807) is 20.4 Å². The number of aliphatic imine (C=N–C) groups is 1. The lowest BCUT2D eigenvalue weighted by atomic mass is 10.5. The van der Waals surface area contributed by atoms with Crippen LogP contribution >= 0.6 is 24.0 Å². The lowest BCUT2D eigenvalue weighted by molar-refractivity contribution is 0.204. The number of aromatic nitrogens is 3. The number of methoxy groups -OCH3 is 1. The first-order valence-corrected chi connectivity index (χ1v) is 4.60. The molecule has 0 aliphatic carbocycles. The van der Waals surface area contributed by atoms with Gasteiger partial charge < -0.3 is 15.8 Å². The zero-order chi connectivity index (χ0) is 11.1. The monoisotopic (exact) mass is 340 g/mol. The summed E-state index contributed by atoms with van der Waals surface area (Å²) < 4.78 is 4.86. The molecule has 0 radical (unpaired) electrons. The summed E-state index contributed by atoms with van der Waals surface area (Å²) in [7, 11) is 3.39. The smallest absolute Gasteiger partial charge is 0.189 e. The number of rotatable bonds is 5. The van der Waals surface area contributed by atoms with Crippen LogP contribution in [0.15, 0.2) is 11.2 Å². The van der Waals surface area contributed by atoms with Gasteiger partial charge in [0.2, 0.25) is 0 Å². The Morgan fingerprint density at radius 2 is 2.44 bits per heavy atom. The molecule has 16 heavy (non-hydrogen) atoms. The molecular weight excluding hydrogens is 323 g/mol. The third-order valence-electron chi connectivity index (χ3n) is 1.67. The number of guanidine groups is 1. The van der Waals surface area contributed by atoms with Gasteiger partial charge in [0.25, 0.3) is 0 Å². The average molecular weight is 340 g/mol. The molecule has 1 heterocycles. The average Bonchev–Trinajstić information content (AvgIpc) is 2.62. The molecule has 0 saturated carbocycles. The van der Waals surface area contributed by atoms with E-state index < -0.39 is 0 Å². The third kappa shape index (κ3) is 5.85. The van der Waals surface area contributed by atoms with Gasteiger partial charge in [0.15, 0.2) is 5.96 Å². The Hall–Kier alpha value is -0.900. The molecule has 0 aromatic carbocycles. The van der Waals surface area contributed by atoms with Gasteiger partial charge in [-0.1, -0.05) is 0 Å². The van der Waals surface area contributed by atoms with Crippen LogP contribution in [0.3, 0.4) is 0 Å². The molecule has 1 aromatic heterocycles. The van der Waals surface area contributed by atoms with Crippen molar-refractivity contribution in [2.24, 2.45) is 17.8 Å². The van der Waals surface area contributed by atoms with Crippen molar-refractivity contribution in [1.82, 2.24) is 20.3 Å². The van der Waals surface area contributed by atoms with Crippen LogP contribution in [0.2, 0.25) is 0 Å². The summed E-state index contributed by atoms with van der Waals surface area (Å²) in [5.74, 6) is 0.387. The van der Waals surface area contributed by atoms with E-state index in [1.807, 2.05) is 0 Å². The van der Waals surface area contributed by atoms with E-state index in [-0.39, 0.29) is 24.0 Å². The van der Waals surface area contributed by atoms with E-state index in [2.05, 4.69) is 20.5 Å². The van der Waals surface area contributed by atoms with Crippen LogP contribution in [0.25, 0.3) is 0 Å². The Kier molecular flexibility index (Phi) is 7.81. The Morgan fingerprint density at radius 3 is 3.00 bits per heavy atom. The van der Waals surface area contributed by atoms with E-state index in [4.69, 9.17) is 10.5 Å². The Labute approximate surface area is 111 Å². The molecule has 8 heteroatoms. The molecule has 1 aromatic rings. The molecule has 0 saturated heterocycles. The number of ether oxygens (including phenoxy) is 1. The van der Waals surface area contributed by atoms with E-state index >= 15 is 0 Å². The Balaban J connectivity index is 0.00000225. The van der Waals surface area contributed by atoms with E-state index in [1.165, 1.54) is 4.80 Å². The molecule has 0 spiro atoms. The summed E-state index contributed by atoms with van der Waals surface area (Å²) in [6.45, 7) is 1.67. The molecule has 0 atom stereocenters. The van der Waals surface area contributed by atoms with Crippen LogP contribution < -0.4 is 11.1 Å². The highest BCUT2D eigenvalue weighted by Gasteiger charge is 1.96. The lowest BCUT2D eigenvalue weighted by Gasteiger charge is -2.03. The zero-order valence-electron chi connectivity index (χ0n) is 9.38. The highest BCUT2D eigenvalue weighted by atomic mass is 127. The first-order chi connectivity index (χ1) is 7.22. The molecule has 0 bridgehead atoms. The van der Waals surface area contributed by atoms with Gasteiger partial charge in [-0.3, -0.25) is 0 Å².